The van der Waals surface area contributed by atoms with E-state index in [9.17, 15) is 4.79 Å². The van der Waals surface area contributed by atoms with Crippen molar-refractivity contribution in [1.29, 1.82) is 0 Å². The molecule has 1 N–H and O–H groups in total. The van der Waals surface area contributed by atoms with Crippen molar-refractivity contribution in [1.82, 2.24) is 5.32 Å². The molecule has 0 spiro atoms. The summed E-state index contributed by atoms with van der Waals surface area (Å²) < 4.78 is 11.3. The van der Waals surface area contributed by atoms with Crippen LogP contribution in [0.15, 0.2) is 42.5 Å². The zero-order valence-electron chi connectivity index (χ0n) is 13.3. The molecule has 4 heteroatoms. The van der Waals surface area contributed by atoms with E-state index in [0.717, 1.165) is 29.0 Å². The molecule has 1 heterocycles. The Labute approximate surface area is 136 Å². The molecule has 2 aromatic rings. The Morgan fingerprint density at radius 2 is 1.70 bits per heavy atom. The van der Waals surface area contributed by atoms with Gasteiger partial charge in [0.2, 0.25) is 5.91 Å². The zero-order chi connectivity index (χ0) is 16.1. The number of carbonyl (C=O) groups is 1. The first-order chi connectivity index (χ1) is 11.2. The maximum absolute atomic E-state index is 12.0. The topological polar surface area (TPSA) is 47.6 Å². The predicted molar refractivity (Wildman–Crippen MR) is 88.8 cm³/mol. The van der Waals surface area contributed by atoms with Gasteiger partial charge in [-0.3, -0.25) is 4.79 Å². The van der Waals surface area contributed by atoms with Crippen LogP contribution in [0, 0.1) is 6.92 Å². The van der Waals surface area contributed by atoms with Gasteiger partial charge in [-0.15, -0.1) is 0 Å². The summed E-state index contributed by atoms with van der Waals surface area (Å²) in [6.45, 7) is 3.87. The number of rotatable bonds is 4. The second kappa shape index (κ2) is 7.18. The summed E-state index contributed by atoms with van der Waals surface area (Å²) in [5.41, 5.74) is 3.22. The minimum Gasteiger partial charge on any atom is -0.490 e. The van der Waals surface area contributed by atoms with E-state index in [-0.39, 0.29) is 5.91 Å². The molecule has 3 rings (SSSR count). The first-order valence-corrected chi connectivity index (χ1v) is 7.91. The van der Waals surface area contributed by atoms with Crippen LogP contribution in [0.4, 0.5) is 0 Å². The summed E-state index contributed by atoms with van der Waals surface area (Å²) in [5.74, 6) is 1.55. The number of ether oxygens (including phenoxy) is 2. The van der Waals surface area contributed by atoms with Crippen LogP contribution in [-0.4, -0.2) is 19.1 Å². The van der Waals surface area contributed by atoms with Gasteiger partial charge in [0.15, 0.2) is 11.5 Å². The fraction of sp³-hybridized carbons (Fsp3) is 0.316. The Morgan fingerprint density at radius 3 is 2.48 bits per heavy atom. The highest BCUT2D eigenvalue weighted by atomic mass is 16.5. The standard InChI is InChI=1S/C19H21NO3/c1-14-3-5-15(6-4-14)12-19(21)20-13-16-7-8-17-18(11-16)23-10-2-9-22-17/h3-8,11H,2,9-10,12-13H2,1H3,(H,20,21). The Hall–Kier alpha value is -2.49. The summed E-state index contributed by atoms with van der Waals surface area (Å²) in [6, 6.07) is 13.8. The van der Waals surface area contributed by atoms with Crippen molar-refractivity contribution in [2.24, 2.45) is 0 Å². The first-order valence-electron chi connectivity index (χ1n) is 7.91. The van der Waals surface area contributed by atoms with Crippen molar-refractivity contribution in [2.75, 3.05) is 13.2 Å². The summed E-state index contributed by atoms with van der Waals surface area (Å²) in [6.07, 6.45) is 1.28. The molecule has 1 amide bonds. The number of nitrogens with one attached hydrogen (secondary N) is 1. The summed E-state index contributed by atoms with van der Waals surface area (Å²) in [4.78, 5) is 12.0. The van der Waals surface area contributed by atoms with Crippen LogP contribution < -0.4 is 14.8 Å². The number of amides is 1. The van der Waals surface area contributed by atoms with Gasteiger partial charge in [-0.25, -0.2) is 0 Å². The molecule has 1 aliphatic rings. The SMILES string of the molecule is Cc1ccc(CC(=O)NCc2ccc3c(c2)OCCCO3)cc1. The second-order valence-electron chi connectivity index (χ2n) is 5.77. The summed E-state index contributed by atoms with van der Waals surface area (Å²) >= 11 is 0. The molecule has 4 nitrogen and oxygen atoms in total. The van der Waals surface area contributed by atoms with Crippen molar-refractivity contribution < 1.29 is 14.3 Å². The van der Waals surface area contributed by atoms with E-state index in [4.69, 9.17) is 9.47 Å². The molecular weight excluding hydrogens is 290 g/mol. The van der Waals surface area contributed by atoms with E-state index >= 15 is 0 Å². The fourth-order valence-electron chi connectivity index (χ4n) is 2.47. The van der Waals surface area contributed by atoms with E-state index in [0.29, 0.717) is 26.2 Å². The monoisotopic (exact) mass is 311 g/mol. The molecule has 0 radical (unpaired) electrons. The van der Waals surface area contributed by atoms with Gasteiger partial charge in [0.25, 0.3) is 0 Å². The van der Waals surface area contributed by atoms with E-state index in [1.54, 1.807) is 0 Å². The molecule has 0 saturated heterocycles. The quantitative estimate of drug-likeness (QED) is 0.944. The van der Waals surface area contributed by atoms with Gasteiger partial charge in [-0.1, -0.05) is 35.9 Å². The molecular formula is C19H21NO3. The lowest BCUT2D eigenvalue weighted by Crippen LogP contribution is -2.24. The van der Waals surface area contributed by atoms with E-state index < -0.39 is 0 Å². The molecule has 0 aromatic heterocycles. The normalized spacial score (nSPS) is 13.3. The van der Waals surface area contributed by atoms with Crippen molar-refractivity contribution in [3.63, 3.8) is 0 Å². The van der Waals surface area contributed by atoms with Crippen molar-refractivity contribution in [2.45, 2.75) is 26.3 Å². The van der Waals surface area contributed by atoms with Crippen LogP contribution in [0.5, 0.6) is 11.5 Å². The zero-order valence-corrected chi connectivity index (χ0v) is 13.3. The number of benzene rings is 2. The Balaban J connectivity index is 1.56. The van der Waals surface area contributed by atoms with E-state index in [1.807, 2.05) is 49.4 Å². The second-order valence-corrected chi connectivity index (χ2v) is 5.77. The van der Waals surface area contributed by atoms with Crippen LogP contribution in [0.3, 0.4) is 0 Å². The van der Waals surface area contributed by atoms with Crippen LogP contribution in [-0.2, 0) is 17.8 Å². The molecule has 1 aliphatic heterocycles. The third kappa shape index (κ3) is 4.25. The number of aryl methyl sites for hydroxylation is 1. The van der Waals surface area contributed by atoms with Gasteiger partial charge in [0.05, 0.1) is 19.6 Å². The van der Waals surface area contributed by atoms with Crippen LogP contribution in [0.25, 0.3) is 0 Å². The average molecular weight is 311 g/mol. The highest BCUT2D eigenvalue weighted by Gasteiger charge is 2.11. The maximum Gasteiger partial charge on any atom is 0.224 e. The van der Waals surface area contributed by atoms with Gasteiger partial charge in [-0.05, 0) is 30.2 Å². The first kappa shape index (κ1) is 15.4. The lowest BCUT2D eigenvalue weighted by molar-refractivity contribution is -0.120. The average Bonchev–Trinajstić information content (AvgIpc) is 2.80. The molecule has 0 aliphatic carbocycles. The highest BCUT2D eigenvalue weighted by Crippen LogP contribution is 2.30. The number of fused-ring (bicyclic) bond motifs is 1. The molecule has 23 heavy (non-hydrogen) atoms. The van der Waals surface area contributed by atoms with Crippen LogP contribution in [0.2, 0.25) is 0 Å². The largest absolute Gasteiger partial charge is 0.490 e. The van der Waals surface area contributed by atoms with E-state index in [1.165, 1.54) is 5.56 Å². The molecule has 0 bridgehead atoms. The Kier molecular flexibility index (Phi) is 4.81. The summed E-state index contributed by atoms with van der Waals surface area (Å²) in [7, 11) is 0. The molecule has 0 unspecified atom stereocenters. The van der Waals surface area contributed by atoms with Crippen molar-refractivity contribution in [3.05, 3.63) is 59.2 Å². The lowest BCUT2D eigenvalue weighted by Gasteiger charge is -2.10. The van der Waals surface area contributed by atoms with Crippen LogP contribution >= 0.6 is 0 Å². The maximum atomic E-state index is 12.0. The number of hydrogen-bond donors (Lipinski definition) is 1. The van der Waals surface area contributed by atoms with Crippen molar-refractivity contribution >= 4 is 5.91 Å². The third-order valence-electron chi connectivity index (χ3n) is 3.79. The molecule has 0 fully saturated rings. The molecule has 0 atom stereocenters. The van der Waals surface area contributed by atoms with Gasteiger partial charge in [0, 0.05) is 13.0 Å². The minimum atomic E-state index is 0.0148. The van der Waals surface area contributed by atoms with Crippen molar-refractivity contribution in [3.8, 4) is 11.5 Å². The van der Waals surface area contributed by atoms with Gasteiger partial charge >= 0.3 is 0 Å². The molecule has 2 aromatic carbocycles. The summed E-state index contributed by atoms with van der Waals surface area (Å²) in [5, 5.41) is 2.95. The Morgan fingerprint density at radius 1 is 1.00 bits per heavy atom. The minimum absolute atomic E-state index is 0.0148. The van der Waals surface area contributed by atoms with Gasteiger partial charge in [-0.2, -0.15) is 0 Å². The van der Waals surface area contributed by atoms with E-state index in [2.05, 4.69) is 5.32 Å². The fourth-order valence-corrected chi connectivity index (χ4v) is 2.47. The predicted octanol–water partition coefficient (Wildman–Crippen LogP) is 3.02. The highest BCUT2D eigenvalue weighted by molar-refractivity contribution is 5.78. The number of hydrogen-bond acceptors (Lipinski definition) is 3. The lowest BCUT2D eigenvalue weighted by atomic mass is 10.1. The van der Waals surface area contributed by atoms with Crippen LogP contribution in [0.1, 0.15) is 23.1 Å². The Bertz CT molecular complexity index is 680. The van der Waals surface area contributed by atoms with Gasteiger partial charge < -0.3 is 14.8 Å². The number of carbonyl (C=O) groups excluding carboxylic acids is 1. The third-order valence-corrected chi connectivity index (χ3v) is 3.79. The smallest absolute Gasteiger partial charge is 0.224 e. The molecule has 120 valence electrons. The van der Waals surface area contributed by atoms with Gasteiger partial charge in [0.1, 0.15) is 0 Å². The molecule has 0 saturated carbocycles.